The lowest BCUT2D eigenvalue weighted by molar-refractivity contribution is 0.0951. The predicted octanol–water partition coefficient (Wildman–Crippen LogP) is 4.09. The Labute approximate surface area is 153 Å². The number of imidazole rings is 1. The van der Waals surface area contributed by atoms with Gasteiger partial charge in [0, 0.05) is 23.7 Å². The van der Waals surface area contributed by atoms with Crippen LogP contribution in [0.3, 0.4) is 0 Å². The zero-order chi connectivity index (χ0) is 17.9. The molecule has 0 spiro atoms. The average molecular weight is 349 g/mol. The maximum Gasteiger partial charge on any atom is 0.251 e. The van der Waals surface area contributed by atoms with Crippen molar-refractivity contribution in [2.24, 2.45) is 0 Å². The molecule has 4 rings (SSSR count). The largest absolute Gasteiger partial charge is 0.496 e. The molecule has 1 aliphatic carbocycles. The Morgan fingerprint density at radius 3 is 2.85 bits per heavy atom. The van der Waals surface area contributed by atoms with E-state index in [0.29, 0.717) is 18.2 Å². The number of hydrogen-bond donors (Lipinski definition) is 1. The second kappa shape index (κ2) is 7.20. The number of nitrogens with zero attached hydrogens (tertiary/aromatic N) is 2. The summed E-state index contributed by atoms with van der Waals surface area (Å²) in [7, 11) is 1.63. The first-order valence-electron chi connectivity index (χ1n) is 9.13. The van der Waals surface area contributed by atoms with E-state index in [-0.39, 0.29) is 5.91 Å². The van der Waals surface area contributed by atoms with E-state index in [1.807, 2.05) is 48.8 Å². The molecule has 0 saturated heterocycles. The number of nitrogens with one attached hydrogen (secondary N) is 1. The molecule has 1 fully saturated rings. The smallest absolute Gasteiger partial charge is 0.251 e. The van der Waals surface area contributed by atoms with Crippen molar-refractivity contribution in [1.82, 2.24) is 14.9 Å². The van der Waals surface area contributed by atoms with Crippen LogP contribution in [0.5, 0.6) is 5.75 Å². The summed E-state index contributed by atoms with van der Waals surface area (Å²) >= 11 is 0. The molecule has 0 unspecified atom stereocenters. The average Bonchev–Trinajstić information content (AvgIpc) is 3.35. The number of amides is 1. The molecule has 1 aliphatic rings. The van der Waals surface area contributed by atoms with E-state index in [2.05, 4.69) is 14.9 Å². The van der Waals surface area contributed by atoms with Crippen molar-refractivity contribution in [3.05, 3.63) is 59.9 Å². The van der Waals surface area contributed by atoms with Crippen LogP contribution in [-0.4, -0.2) is 22.6 Å². The van der Waals surface area contributed by atoms with E-state index in [4.69, 9.17) is 4.74 Å². The first-order valence-corrected chi connectivity index (χ1v) is 9.13. The Morgan fingerprint density at radius 2 is 2.04 bits per heavy atom. The molecule has 0 atom stereocenters. The molecule has 1 amide bonds. The molecule has 26 heavy (non-hydrogen) atoms. The first-order chi connectivity index (χ1) is 12.8. The summed E-state index contributed by atoms with van der Waals surface area (Å²) in [5.74, 6) is 0.673. The molecule has 3 aromatic rings. The summed E-state index contributed by atoms with van der Waals surface area (Å²) in [6, 6.07) is 14.0. The maximum atomic E-state index is 12.5. The molecule has 134 valence electrons. The molecular formula is C21H23N3O2. The Balaban J connectivity index is 1.50. The van der Waals surface area contributed by atoms with Crippen molar-refractivity contribution in [2.75, 3.05) is 7.11 Å². The van der Waals surface area contributed by atoms with Gasteiger partial charge in [0.1, 0.15) is 5.75 Å². The zero-order valence-electron chi connectivity index (χ0n) is 14.9. The SMILES string of the molecule is COc1ccccc1CNC(=O)c1ccc2c(c1)ncn2C1CCCC1. The van der Waals surface area contributed by atoms with Crippen LogP contribution in [0.1, 0.15) is 47.6 Å². The third-order valence-electron chi connectivity index (χ3n) is 5.19. The van der Waals surface area contributed by atoms with Crippen LogP contribution in [0.15, 0.2) is 48.8 Å². The number of rotatable bonds is 5. The van der Waals surface area contributed by atoms with Gasteiger partial charge in [-0.25, -0.2) is 4.98 Å². The standard InChI is InChI=1S/C21H23N3O2/c1-26-20-9-5-2-6-16(20)13-22-21(25)15-10-11-19-18(12-15)23-14-24(19)17-7-3-4-8-17/h2,5-6,9-12,14,17H,3-4,7-8,13H2,1H3,(H,22,25). The van der Waals surface area contributed by atoms with Crippen LogP contribution in [-0.2, 0) is 6.54 Å². The Kier molecular flexibility index (Phi) is 4.61. The monoisotopic (exact) mass is 349 g/mol. The van der Waals surface area contributed by atoms with Crippen LogP contribution in [0.2, 0.25) is 0 Å². The molecule has 2 aromatic carbocycles. The number of benzene rings is 2. The van der Waals surface area contributed by atoms with Gasteiger partial charge in [0.05, 0.1) is 24.5 Å². The zero-order valence-corrected chi connectivity index (χ0v) is 14.9. The van der Waals surface area contributed by atoms with Crippen LogP contribution in [0.4, 0.5) is 0 Å². The number of ether oxygens (including phenoxy) is 1. The first kappa shape index (κ1) is 16.6. The molecular weight excluding hydrogens is 326 g/mol. The lowest BCUT2D eigenvalue weighted by Gasteiger charge is -2.12. The lowest BCUT2D eigenvalue weighted by atomic mass is 10.1. The summed E-state index contributed by atoms with van der Waals surface area (Å²) in [5.41, 5.74) is 3.57. The highest BCUT2D eigenvalue weighted by Gasteiger charge is 2.19. The van der Waals surface area contributed by atoms with Gasteiger partial charge in [-0.15, -0.1) is 0 Å². The van der Waals surface area contributed by atoms with E-state index in [9.17, 15) is 4.79 Å². The Bertz CT molecular complexity index is 926. The molecule has 1 heterocycles. The van der Waals surface area contributed by atoms with Gasteiger partial charge in [-0.3, -0.25) is 4.79 Å². The van der Waals surface area contributed by atoms with Crippen molar-refractivity contribution in [2.45, 2.75) is 38.3 Å². The Hall–Kier alpha value is -2.82. The minimum Gasteiger partial charge on any atom is -0.496 e. The quantitative estimate of drug-likeness (QED) is 0.755. The van der Waals surface area contributed by atoms with Gasteiger partial charge < -0.3 is 14.6 Å². The number of aromatic nitrogens is 2. The van der Waals surface area contributed by atoms with Gasteiger partial charge in [-0.2, -0.15) is 0 Å². The van der Waals surface area contributed by atoms with Gasteiger partial charge in [0.25, 0.3) is 5.91 Å². The molecule has 0 bridgehead atoms. The predicted molar refractivity (Wildman–Crippen MR) is 101 cm³/mol. The number of carbonyl (C=O) groups is 1. The van der Waals surface area contributed by atoms with Gasteiger partial charge in [0.15, 0.2) is 0 Å². The highest BCUT2D eigenvalue weighted by molar-refractivity contribution is 5.97. The molecule has 0 radical (unpaired) electrons. The fourth-order valence-corrected chi connectivity index (χ4v) is 3.77. The second-order valence-electron chi connectivity index (χ2n) is 6.79. The summed E-state index contributed by atoms with van der Waals surface area (Å²) in [4.78, 5) is 17.1. The minimum atomic E-state index is -0.103. The maximum absolute atomic E-state index is 12.5. The van der Waals surface area contributed by atoms with Crippen molar-refractivity contribution >= 4 is 16.9 Å². The molecule has 0 aliphatic heterocycles. The van der Waals surface area contributed by atoms with Crippen molar-refractivity contribution < 1.29 is 9.53 Å². The van der Waals surface area contributed by atoms with E-state index >= 15 is 0 Å². The van der Waals surface area contributed by atoms with E-state index in [0.717, 1.165) is 22.3 Å². The fraction of sp³-hybridized carbons (Fsp3) is 0.333. The van der Waals surface area contributed by atoms with Crippen molar-refractivity contribution in [3.63, 3.8) is 0 Å². The number of methoxy groups -OCH3 is 1. The van der Waals surface area contributed by atoms with Crippen LogP contribution < -0.4 is 10.1 Å². The number of fused-ring (bicyclic) bond motifs is 1. The van der Waals surface area contributed by atoms with Crippen LogP contribution in [0, 0.1) is 0 Å². The number of hydrogen-bond acceptors (Lipinski definition) is 3. The second-order valence-corrected chi connectivity index (χ2v) is 6.79. The van der Waals surface area contributed by atoms with Gasteiger partial charge >= 0.3 is 0 Å². The summed E-state index contributed by atoms with van der Waals surface area (Å²) in [6.45, 7) is 0.428. The van der Waals surface area contributed by atoms with Crippen molar-refractivity contribution in [1.29, 1.82) is 0 Å². The highest BCUT2D eigenvalue weighted by atomic mass is 16.5. The third-order valence-corrected chi connectivity index (χ3v) is 5.19. The summed E-state index contributed by atoms with van der Waals surface area (Å²) in [5, 5.41) is 2.96. The molecule has 1 aromatic heterocycles. The molecule has 1 N–H and O–H groups in total. The van der Waals surface area contributed by atoms with E-state index < -0.39 is 0 Å². The molecule has 5 nitrogen and oxygen atoms in total. The van der Waals surface area contributed by atoms with Crippen LogP contribution in [0.25, 0.3) is 11.0 Å². The molecule has 5 heteroatoms. The third kappa shape index (κ3) is 3.17. The topological polar surface area (TPSA) is 56.1 Å². The van der Waals surface area contributed by atoms with Gasteiger partial charge in [0.2, 0.25) is 0 Å². The lowest BCUT2D eigenvalue weighted by Crippen LogP contribution is -2.23. The summed E-state index contributed by atoms with van der Waals surface area (Å²) < 4.78 is 7.59. The normalized spacial score (nSPS) is 14.7. The number of para-hydroxylation sites is 1. The Morgan fingerprint density at radius 1 is 1.23 bits per heavy atom. The van der Waals surface area contributed by atoms with E-state index in [1.165, 1.54) is 25.7 Å². The highest BCUT2D eigenvalue weighted by Crippen LogP contribution is 2.32. The van der Waals surface area contributed by atoms with Gasteiger partial charge in [-0.1, -0.05) is 31.0 Å². The van der Waals surface area contributed by atoms with E-state index in [1.54, 1.807) is 7.11 Å². The minimum absolute atomic E-state index is 0.103. The number of carbonyl (C=O) groups excluding carboxylic acids is 1. The summed E-state index contributed by atoms with van der Waals surface area (Å²) in [6.07, 6.45) is 6.91. The molecule has 1 saturated carbocycles. The van der Waals surface area contributed by atoms with Gasteiger partial charge in [-0.05, 0) is 37.1 Å². The fourth-order valence-electron chi connectivity index (χ4n) is 3.77. The van der Waals surface area contributed by atoms with Crippen LogP contribution >= 0.6 is 0 Å². The van der Waals surface area contributed by atoms with Crippen molar-refractivity contribution in [3.8, 4) is 5.75 Å².